The summed E-state index contributed by atoms with van der Waals surface area (Å²) < 4.78 is 6.06. The molecular weight excluding hydrogens is 699 g/mol. The summed E-state index contributed by atoms with van der Waals surface area (Å²) in [5, 5.41) is 35.4. The summed E-state index contributed by atoms with van der Waals surface area (Å²) in [4.78, 5) is 43.3. The first-order valence-electron chi connectivity index (χ1n) is 19.6. The number of benzene rings is 3. The van der Waals surface area contributed by atoms with Gasteiger partial charge in [-0.1, -0.05) is 48.5 Å². The fourth-order valence-electron chi connectivity index (χ4n) is 8.14. The van der Waals surface area contributed by atoms with E-state index >= 15 is 0 Å². The van der Waals surface area contributed by atoms with Crippen LogP contribution in [0, 0.1) is 5.92 Å². The number of nitrogens with two attached hydrogens (primary N) is 1. The topological polar surface area (TPSA) is 181 Å². The molecule has 3 aromatic carbocycles. The van der Waals surface area contributed by atoms with Gasteiger partial charge in [0.25, 0.3) is 0 Å². The molecule has 2 aliphatic rings. The highest BCUT2D eigenvalue weighted by Gasteiger charge is 2.31. The van der Waals surface area contributed by atoms with Crippen LogP contribution in [0.3, 0.4) is 0 Å². The number of fused-ring (bicyclic) bond motifs is 1. The zero-order valence-corrected chi connectivity index (χ0v) is 31.7. The van der Waals surface area contributed by atoms with Gasteiger partial charge in [-0.05, 0) is 112 Å². The molecule has 0 spiro atoms. The Morgan fingerprint density at radius 1 is 0.964 bits per heavy atom. The van der Waals surface area contributed by atoms with Crippen LogP contribution in [0.2, 0.25) is 0 Å². The number of aliphatic hydroxyl groups is 1. The van der Waals surface area contributed by atoms with Crippen molar-refractivity contribution in [2.75, 3.05) is 38.2 Å². The Morgan fingerprint density at radius 2 is 1.71 bits per heavy atom. The standard InChI is InChI=1S/C43H55N5O7/c1-47(23-5-6-28-11-18-34(30-7-3-2-4-8-30)37(24-28)48(43(53)54)32-14-12-31(44)13-15-32)41(52)27-55-33-16-9-29(10-17-33)25-45-26-39(50)35-19-21-38(49)42-36(35)20-22-40(51)46-42/h2-4,7-8,11,18-22,24,29,31-33,39,45,49-50H,5-6,9-10,12-17,23,25-27,44H2,1H3,(H,46,51)(H,53,54)/t29?,31?,32?,33?,39-/m0/s1. The number of ether oxygens (including phenoxy) is 1. The number of H-pyrrole nitrogens is 1. The number of hydrogen-bond donors (Lipinski definition) is 6. The Kier molecular flexibility index (Phi) is 13.6. The number of anilines is 1. The molecule has 7 N–H and O–H groups in total. The Bertz CT molecular complexity index is 1950. The number of aryl methyl sites for hydroxylation is 1. The lowest BCUT2D eigenvalue weighted by molar-refractivity contribution is -0.137. The van der Waals surface area contributed by atoms with E-state index in [1.807, 2.05) is 42.5 Å². The molecule has 12 heteroatoms. The molecule has 2 aliphatic carbocycles. The number of carbonyl (C=O) groups is 2. The van der Waals surface area contributed by atoms with Crippen LogP contribution in [0.1, 0.15) is 75.0 Å². The summed E-state index contributed by atoms with van der Waals surface area (Å²) in [7, 11) is 1.80. The highest BCUT2D eigenvalue weighted by atomic mass is 16.5. The predicted octanol–water partition coefficient (Wildman–Crippen LogP) is 5.94. The van der Waals surface area contributed by atoms with Crippen LogP contribution in [-0.4, -0.2) is 88.7 Å². The number of pyridine rings is 1. The van der Waals surface area contributed by atoms with E-state index in [2.05, 4.69) is 16.4 Å². The molecule has 6 rings (SSSR count). The minimum atomic E-state index is -0.956. The Morgan fingerprint density at radius 3 is 2.44 bits per heavy atom. The number of nitrogens with zero attached hydrogens (tertiary/aromatic N) is 2. The van der Waals surface area contributed by atoms with E-state index in [-0.39, 0.29) is 42.0 Å². The molecule has 4 aromatic rings. The van der Waals surface area contributed by atoms with Crippen molar-refractivity contribution in [3.8, 4) is 16.9 Å². The normalized spacial score (nSPS) is 20.6. The van der Waals surface area contributed by atoms with Crippen molar-refractivity contribution in [3.63, 3.8) is 0 Å². The van der Waals surface area contributed by atoms with Crippen molar-refractivity contribution in [3.05, 3.63) is 94.3 Å². The molecule has 2 amide bonds. The first-order chi connectivity index (χ1) is 26.6. The number of likely N-dealkylation sites (N-methyl/N-ethyl adjacent to an activating group) is 1. The summed E-state index contributed by atoms with van der Waals surface area (Å²) in [6, 6.07) is 22.1. The van der Waals surface area contributed by atoms with Gasteiger partial charge in [0.2, 0.25) is 11.5 Å². The van der Waals surface area contributed by atoms with Crippen molar-refractivity contribution in [2.24, 2.45) is 11.7 Å². The molecular formula is C43H55N5O7. The smallest absolute Gasteiger partial charge is 0.412 e. The fourth-order valence-corrected chi connectivity index (χ4v) is 8.14. The van der Waals surface area contributed by atoms with Gasteiger partial charge in [0, 0.05) is 49.2 Å². The summed E-state index contributed by atoms with van der Waals surface area (Å²) in [5.74, 6) is 0.341. The van der Waals surface area contributed by atoms with E-state index in [9.17, 15) is 29.7 Å². The average molecular weight is 754 g/mol. The monoisotopic (exact) mass is 753 g/mol. The fraction of sp³-hybridized carbons (Fsp3) is 0.465. The zero-order chi connectivity index (χ0) is 38.9. The third kappa shape index (κ3) is 10.3. The lowest BCUT2D eigenvalue weighted by Crippen LogP contribution is -2.44. The van der Waals surface area contributed by atoms with E-state index < -0.39 is 12.2 Å². The minimum Gasteiger partial charge on any atom is -0.506 e. The highest BCUT2D eigenvalue weighted by molar-refractivity contribution is 5.94. The zero-order valence-electron chi connectivity index (χ0n) is 31.7. The number of aromatic amines is 1. The van der Waals surface area contributed by atoms with Gasteiger partial charge in [-0.25, -0.2) is 4.79 Å². The number of aliphatic hydroxyl groups excluding tert-OH is 1. The number of carbonyl (C=O) groups excluding carboxylic acids is 1. The Balaban J connectivity index is 0.936. The number of phenols is 1. The lowest BCUT2D eigenvalue weighted by atomic mass is 9.87. The van der Waals surface area contributed by atoms with E-state index in [4.69, 9.17) is 10.5 Å². The molecule has 1 aromatic heterocycles. The van der Waals surface area contributed by atoms with Gasteiger partial charge in [0.05, 0.1) is 23.4 Å². The van der Waals surface area contributed by atoms with Crippen LogP contribution in [0.5, 0.6) is 5.75 Å². The first kappa shape index (κ1) is 39.9. The number of rotatable bonds is 15. The lowest BCUT2D eigenvalue weighted by Gasteiger charge is -2.35. The third-order valence-electron chi connectivity index (χ3n) is 11.4. The second kappa shape index (κ2) is 18.7. The summed E-state index contributed by atoms with van der Waals surface area (Å²) >= 11 is 0. The number of hydrogen-bond acceptors (Lipinski definition) is 8. The maximum absolute atomic E-state index is 13.0. The molecule has 2 fully saturated rings. The molecule has 1 atom stereocenters. The number of aromatic nitrogens is 1. The van der Waals surface area contributed by atoms with Crippen LogP contribution in [0.4, 0.5) is 10.5 Å². The van der Waals surface area contributed by atoms with Crippen molar-refractivity contribution in [1.82, 2.24) is 15.2 Å². The van der Waals surface area contributed by atoms with Crippen LogP contribution < -0.4 is 21.5 Å². The number of carboxylic acid groups (broad SMARTS) is 1. The van der Waals surface area contributed by atoms with Gasteiger partial charge < -0.3 is 41.0 Å². The first-order valence-corrected chi connectivity index (χ1v) is 19.6. The molecule has 55 heavy (non-hydrogen) atoms. The molecule has 1 heterocycles. The largest absolute Gasteiger partial charge is 0.506 e. The molecule has 0 aliphatic heterocycles. The maximum atomic E-state index is 13.0. The quantitative estimate of drug-likeness (QED) is 0.0856. The van der Waals surface area contributed by atoms with Gasteiger partial charge in [-0.2, -0.15) is 0 Å². The van der Waals surface area contributed by atoms with Crippen molar-refractivity contribution in [2.45, 2.75) is 88.5 Å². The average Bonchev–Trinajstić information content (AvgIpc) is 3.19. The molecule has 2 saturated carbocycles. The molecule has 0 saturated heterocycles. The highest BCUT2D eigenvalue weighted by Crippen LogP contribution is 2.37. The van der Waals surface area contributed by atoms with Crippen molar-refractivity contribution < 1.29 is 29.6 Å². The SMILES string of the molecule is CN(CCCc1ccc(-c2ccccc2)c(N(C(=O)O)C2CCC(N)CC2)c1)C(=O)COC1CCC(CNC[C@H](O)c2ccc(O)c3[nH]c(=O)ccc23)CC1. The third-order valence-corrected chi connectivity index (χ3v) is 11.4. The van der Waals surface area contributed by atoms with Gasteiger partial charge in [-0.3, -0.25) is 14.5 Å². The summed E-state index contributed by atoms with van der Waals surface area (Å²) in [6.45, 7) is 1.69. The van der Waals surface area contributed by atoms with E-state index in [1.165, 1.54) is 12.1 Å². The van der Waals surface area contributed by atoms with E-state index in [0.717, 1.165) is 81.0 Å². The number of aromatic hydroxyl groups is 1. The van der Waals surface area contributed by atoms with Crippen molar-refractivity contribution in [1.29, 1.82) is 0 Å². The van der Waals surface area contributed by atoms with Gasteiger partial charge in [0.15, 0.2) is 0 Å². The van der Waals surface area contributed by atoms with E-state index in [1.54, 1.807) is 29.0 Å². The van der Waals surface area contributed by atoms with Crippen LogP contribution in [-0.2, 0) is 16.0 Å². The molecule has 294 valence electrons. The molecule has 0 radical (unpaired) electrons. The second-order valence-corrected chi connectivity index (χ2v) is 15.3. The van der Waals surface area contributed by atoms with Crippen LogP contribution in [0.25, 0.3) is 22.0 Å². The predicted molar refractivity (Wildman–Crippen MR) is 214 cm³/mol. The van der Waals surface area contributed by atoms with Crippen LogP contribution >= 0.6 is 0 Å². The van der Waals surface area contributed by atoms with Crippen LogP contribution in [0.15, 0.2) is 77.6 Å². The van der Waals surface area contributed by atoms with Gasteiger partial charge >= 0.3 is 6.09 Å². The molecule has 12 nitrogen and oxygen atoms in total. The summed E-state index contributed by atoms with van der Waals surface area (Å²) in [5.41, 5.74) is 10.4. The second-order valence-electron chi connectivity index (χ2n) is 15.3. The number of amides is 2. The van der Waals surface area contributed by atoms with Crippen molar-refractivity contribution >= 4 is 28.6 Å². The van der Waals surface area contributed by atoms with E-state index in [0.29, 0.717) is 47.6 Å². The number of nitrogens with one attached hydrogen (secondary N) is 2. The minimum absolute atomic E-state index is 0.0309. The van der Waals surface area contributed by atoms with Gasteiger partial charge in [0.1, 0.15) is 12.4 Å². The summed E-state index contributed by atoms with van der Waals surface area (Å²) in [6.07, 6.45) is 6.42. The maximum Gasteiger partial charge on any atom is 0.412 e. The Hall–Kier alpha value is -4.75. The number of phenolic OH excluding ortho intramolecular Hbond substituents is 1. The van der Waals surface area contributed by atoms with Gasteiger partial charge in [-0.15, -0.1) is 0 Å². The molecule has 0 unspecified atom stereocenters. The molecule has 0 bridgehead atoms. The Labute approximate surface area is 322 Å².